The highest BCUT2D eigenvalue weighted by atomic mass is 32.1. The monoisotopic (exact) mass is 267 g/mol. The standard InChI is InChI=1S/C15H25NOS/c1-3-9-16-14(11-17-4-2)12-6-5-7-15-13(12)8-10-18-15/h8,10,12,14,16H,3-7,9,11H2,1-2H3. The first-order chi connectivity index (χ1) is 8.86. The summed E-state index contributed by atoms with van der Waals surface area (Å²) in [4.78, 5) is 1.60. The highest BCUT2D eigenvalue weighted by Gasteiger charge is 2.28. The van der Waals surface area contributed by atoms with E-state index in [4.69, 9.17) is 4.74 Å². The van der Waals surface area contributed by atoms with Gasteiger partial charge in [-0.25, -0.2) is 0 Å². The third kappa shape index (κ3) is 3.34. The van der Waals surface area contributed by atoms with Gasteiger partial charge in [-0.05, 0) is 56.2 Å². The number of thiophene rings is 1. The number of hydrogen-bond acceptors (Lipinski definition) is 3. The zero-order valence-corrected chi connectivity index (χ0v) is 12.4. The van der Waals surface area contributed by atoms with Gasteiger partial charge in [0.25, 0.3) is 0 Å². The SMILES string of the molecule is CCCNC(COCC)C1CCCc2sccc21. The maximum Gasteiger partial charge on any atom is 0.0625 e. The molecule has 0 amide bonds. The molecule has 3 heteroatoms. The predicted octanol–water partition coefficient (Wildman–Crippen LogP) is 3.57. The molecule has 102 valence electrons. The van der Waals surface area contributed by atoms with E-state index in [1.165, 1.54) is 25.7 Å². The Balaban J connectivity index is 2.06. The molecule has 2 atom stereocenters. The lowest BCUT2D eigenvalue weighted by atomic mass is 9.82. The lowest BCUT2D eigenvalue weighted by Crippen LogP contribution is -2.40. The third-order valence-corrected chi connectivity index (χ3v) is 4.74. The van der Waals surface area contributed by atoms with Crippen LogP contribution in [-0.4, -0.2) is 25.8 Å². The van der Waals surface area contributed by atoms with Crippen LogP contribution in [0.25, 0.3) is 0 Å². The average Bonchev–Trinajstić information content (AvgIpc) is 2.87. The summed E-state index contributed by atoms with van der Waals surface area (Å²) in [7, 11) is 0. The Labute approximate surface area is 115 Å². The normalized spacial score (nSPS) is 20.7. The van der Waals surface area contributed by atoms with Crippen LogP contribution in [0.2, 0.25) is 0 Å². The summed E-state index contributed by atoms with van der Waals surface area (Å²) in [5.74, 6) is 0.651. The van der Waals surface area contributed by atoms with Gasteiger partial charge >= 0.3 is 0 Å². The smallest absolute Gasteiger partial charge is 0.0625 e. The summed E-state index contributed by atoms with van der Waals surface area (Å²) >= 11 is 1.93. The number of ether oxygens (including phenoxy) is 1. The summed E-state index contributed by atoms with van der Waals surface area (Å²) in [6.07, 6.45) is 5.09. The van der Waals surface area contributed by atoms with Crippen LogP contribution in [0, 0.1) is 0 Å². The fourth-order valence-electron chi connectivity index (χ4n) is 2.83. The Morgan fingerprint density at radius 2 is 2.39 bits per heavy atom. The second-order valence-corrected chi connectivity index (χ2v) is 6.02. The van der Waals surface area contributed by atoms with Gasteiger partial charge in [0, 0.05) is 23.4 Å². The zero-order chi connectivity index (χ0) is 12.8. The maximum absolute atomic E-state index is 5.68. The van der Waals surface area contributed by atoms with E-state index in [0.717, 1.165) is 19.8 Å². The molecule has 0 radical (unpaired) electrons. The molecule has 1 N–H and O–H groups in total. The van der Waals surface area contributed by atoms with Crippen molar-refractivity contribution in [1.82, 2.24) is 5.32 Å². The van der Waals surface area contributed by atoms with Crippen molar-refractivity contribution in [3.8, 4) is 0 Å². The van der Waals surface area contributed by atoms with Crippen molar-refractivity contribution < 1.29 is 4.74 Å². The molecular weight excluding hydrogens is 242 g/mol. The second kappa shape index (κ2) is 7.27. The van der Waals surface area contributed by atoms with Gasteiger partial charge in [0.2, 0.25) is 0 Å². The molecule has 0 saturated carbocycles. The van der Waals surface area contributed by atoms with Crippen LogP contribution >= 0.6 is 11.3 Å². The van der Waals surface area contributed by atoms with Crippen LogP contribution in [0.1, 0.15) is 49.5 Å². The molecule has 1 heterocycles. The Bertz CT molecular complexity index is 342. The van der Waals surface area contributed by atoms with Crippen molar-refractivity contribution in [1.29, 1.82) is 0 Å². The fraction of sp³-hybridized carbons (Fsp3) is 0.733. The van der Waals surface area contributed by atoms with Gasteiger partial charge in [-0.2, -0.15) is 0 Å². The zero-order valence-electron chi connectivity index (χ0n) is 11.6. The van der Waals surface area contributed by atoms with Crippen LogP contribution in [-0.2, 0) is 11.2 Å². The van der Waals surface area contributed by atoms with Gasteiger partial charge < -0.3 is 10.1 Å². The van der Waals surface area contributed by atoms with Crippen LogP contribution in [0.3, 0.4) is 0 Å². The maximum atomic E-state index is 5.68. The van der Waals surface area contributed by atoms with E-state index >= 15 is 0 Å². The summed E-state index contributed by atoms with van der Waals surface area (Å²) in [6, 6.07) is 2.81. The molecule has 1 aromatic rings. The summed E-state index contributed by atoms with van der Waals surface area (Å²) in [5, 5.41) is 5.93. The van der Waals surface area contributed by atoms with E-state index in [9.17, 15) is 0 Å². The molecule has 1 aliphatic carbocycles. The molecule has 0 fully saturated rings. The van der Waals surface area contributed by atoms with E-state index < -0.39 is 0 Å². The Morgan fingerprint density at radius 3 is 3.17 bits per heavy atom. The number of fused-ring (bicyclic) bond motifs is 1. The average molecular weight is 267 g/mol. The van der Waals surface area contributed by atoms with Crippen molar-refractivity contribution in [3.63, 3.8) is 0 Å². The van der Waals surface area contributed by atoms with E-state index in [1.54, 1.807) is 10.4 Å². The largest absolute Gasteiger partial charge is 0.380 e. The molecule has 2 nitrogen and oxygen atoms in total. The number of nitrogens with one attached hydrogen (secondary N) is 1. The van der Waals surface area contributed by atoms with Gasteiger partial charge in [0.15, 0.2) is 0 Å². The van der Waals surface area contributed by atoms with Crippen LogP contribution < -0.4 is 5.32 Å². The van der Waals surface area contributed by atoms with Crippen molar-refractivity contribution in [3.05, 3.63) is 21.9 Å². The van der Waals surface area contributed by atoms with Crippen LogP contribution in [0.15, 0.2) is 11.4 Å². The predicted molar refractivity (Wildman–Crippen MR) is 78.6 cm³/mol. The molecule has 18 heavy (non-hydrogen) atoms. The van der Waals surface area contributed by atoms with Gasteiger partial charge in [0.05, 0.1) is 6.61 Å². The minimum atomic E-state index is 0.485. The molecule has 0 saturated heterocycles. The molecule has 0 spiro atoms. The minimum absolute atomic E-state index is 0.485. The van der Waals surface area contributed by atoms with Gasteiger partial charge in [-0.1, -0.05) is 6.92 Å². The first-order valence-corrected chi connectivity index (χ1v) is 8.12. The van der Waals surface area contributed by atoms with Gasteiger partial charge in [-0.15, -0.1) is 11.3 Å². The van der Waals surface area contributed by atoms with E-state index in [0.29, 0.717) is 12.0 Å². The molecule has 0 aromatic carbocycles. The molecule has 1 aromatic heterocycles. The van der Waals surface area contributed by atoms with E-state index in [2.05, 4.69) is 30.6 Å². The van der Waals surface area contributed by atoms with Crippen LogP contribution in [0.4, 0.5) is 0 Å². The Morgan fingerprint density at radius 1 is 1.50 bits per heavy atom. The topological polar surface area (TPSA) is 21.3 Å². The molecule has 1 aliphatic rings. The lowest BCUT2D eigenvalue weighted by Gasteiger charge is -2.31. The minimum Gasteiger partial charge on any atom is -0.380 e. The Kier molecular flexibility index (Phi) is 5.67. The summed E-state index contributed by atoms with van der Waals surface area (Å²) in [5.41, 5.74) is 1.58. The lowest BCUT2D eigenvalue weighted by molar-refractivity contribution is 0.111. The van der Waals surface area contributed by atoms with Crippen molar-refractivity contribution >= 4 is 11.3 Å². The van der Waals surface area contributed by atoms with Crippen molar-refractivity contribution in [2.45, 2.75) is 51.5 Å². The van der Waals surface area contributed by atoms with E-state index in [-0.39, 0.29) is 0 Å². The number of hydrogen-bond donors (Lipinski definition) is 1. The molecular formula is C15H25NOS. The molecule has 2 rings (SSSR count). The molecule has 2 unspecified atom stereocenters. The fourth-order valence-corrected chi connectivity index (χ4v) is 3.83. The number of rotatable bonds is 7. The summed E-state index contributed by atoms with van der Waals surface area (Å²) in [6.45, 7) is 7.05. The molecule has 0 aliphatic heterocycles. The number of aryl methyl sites for hydroxylation is 1. The van der Waals surface area contributed by atoms with E-state index in [1.807, 2.05) is 11.3 Å². The van der Waals surface area contributed by atoms with Crippen molar-refractivity contribution in [2.75, 3.05) is 19.8 Å². The van der Waals surface area contributed by atoms with Gasteiger partial charge in [0.1, 0.15) is 0 Å². The second-order valence-electron chi connectivity index (χ2n) is 5.02. The summed E-state index contributed by atoms with van der Waals surface area (Å²) < 4.78 is 5.68. The Hall–Kier alpha value is -0.380. The molecule has 0 bridgehead atoms. The first kappa shape index (κ1) is 14.0. The highest BCUT2D eigenvalue weighted by molar-refractivity contribution is 7.10. The van der Waals surface area contributed by atoms with Crippen molar-refractivity contribution in [2.24, 2.45) is 0 Å². The highest BCUT2D eigenvalue weighted by Crippen LogP contribution is 2.37. The quantitative estimate of drug-likeness (QED) is 0.815. The van der Waals surface area contributed by atoms with Gasteiger partial charge in [-0.3, -0.25) is 0 Å². The third-order valence-electron chi connectivity index (χ3n) is 3.74. The van der Waals surface area contributed by atoms with Crippen LogP contribution in [0.5, 0.6) is 0 Å². The first-order valence-electron chi connectivity index (χ1n) is 7.24.